The second-order valence-corrected chi connectivity index (χ2v) is 8.00. The van der Waals surface area contributed by atoms with Gasteiger partial charge in [0.1, 0.15) is 11.4 Å². The maximum absolute atomic E-state index is 13.5. The zero-order valence-corrected chi connectivity index (χ0v) is 15.5. The molecular weight excluding hydrogens is 399 g/mol. The number of thioether (sulfide) groups is 1. The Labute approximate surface area is 157 Å². The molecule has 0 radical (unpaired) electrons. The van der Waals surface area contributed by atoms with E-state index in [1.165, 1.54) is 48.2 Å². The molecule has 0 saturated carbocycles. The number of nitrogens with one attached hydrogen (secondary N) is 1. The van der Waals surface area contributed by atoms with E-state index in [-0.39, 0.29) is 27.3 Å². The fourth-order valence-electron chi connectivity index (χ4n) is 2.69. The molecule has 0 atom stereocenters. The summed E-state index contributed by atoms with van der Waals surface area (Å²) in [6.07, 6.45) is -2.85. The number of rotatable bonds is 4. The Morgan fingerprint density at radius 2 is 1.70 bits per heavy atom. The zero-order valence-electron chi connectivity index (χ0n) is 13.9. The highest BCUT2D eigenvalue weighted by Crippen LogP contribution is 2.42. The van der Waals surface area contributed by atoms with Crippen LogP contribution in [0.2, 0.25) is 0 Å². The van der Waals surface area contributed by atoms with E-state index in [0.29, 0.717) is 0 Å². The number of nitrogens with zero attached hydrogens (tertiary/aromatic N) is 1. The Morgan fingerprint density at radius 1 is 1.07 bits per heavy atom. The Hall–Kier alpha value is -2.30. The molecule has 0 bridgehead atoms. The van der Waals surface area contributed by atoms with Gasteiger partial charge in [-0.25, -0.2) is 13.6 Å². The van der Waals surface area contributed by atoms with Gasteiger partial charge >= 0.3 is 6.18 Å². The monoisotopic (exact) mass is 413 g/mol. The third-order valence-corrected chi connectivity index (χ3v) is 5.59. The highest BCUT2D eigenvalue weighted by atomic mass is 32.2. The van der Waals surface area contributed by atoms with Gasteiger partial charge in [0.15, 0.2) is 0 Å². The second kappa shape index (κ2) is 7.02. The van der Waals surface area contributed by atoms with E-state index in [2.05, 4.69) is 5.10 Å². The minimum Gasteiger partial charge on any atom is -0.272 e. The number of aromatic nitrogens is 2. The number of sulfonamides is 1. The van der Waals surface area contributed by atoms with E-state index in [1.807, 2.05) is 11.4 Å². The van der Waals surface area contributed by atoms with Crippen LogP contribution in [0, 0.1) is 0 Å². The minimum absolute atomic E-state index is 0.00399. The number of aromatic amines is 1. The molecule has 27 heavy (non-hydrogen) atoms. The third kappa shape index (κ3) is 3.87. The van der Waals surface area contributed by atoms with Gasteiger partial charge in [-0.1, -0.05) is 30.3 Å². The van der Waals surface area contributed by atoms with Crippen molar-refractivity contribution in [3.8, 4) is 22.4 Å². The van der Waals surface area contributed by atoms with Crippen molar-refractivity contribution in [3.05, 3.63) is 54.2 Å². The van der Waals surface area contributed by atoms with Crippen LogP contribution in [0.15, 0.2) is 58.3 Å². The maximum atomic E-state index is 13.5. The van der Waals surface area contributed by atoms with Crippen molar-refractivity contribution < 1.29 is 21.6 Å². The quantitative estimate of drug-likeness (QED) is 0.630. The van der Waals surface area contributed by atoms with E-state index < -0.39 is 21.9 Å². The first kappa shape index (κ1) is 19.5. The van der Waals surface area contributed by atoms with E-state index in [1.54, 1.807) is 12.1 Å². The molecule has 10 heteroatoms. The van der Waals surface area contributed by atoms with Crippen molar-refractivity contribution in [3.63, 3.8) is 0 Å². The van der Waals surface area contributed by atoms with Gasteiger partial charge in [0.05, 0.1) is 4.90 Å². The van der Waals surface area contributed by atoms with Crippen LogP contribution >= 0.6 is 11.8 Å². The normalized spacial score (nSPS) is 12.3. The summed E-state index contributed by atoms with van der Waals surface area (Å²) in [5.41, 5.74) is -1.17. The van der Waals surface area contributed by atoms with Crippen molar-refractivity contribution in [2.24, 2.45) is 5.14 Å². The van der Waals surface area contributed by atoms with Crippen LogP contribution in [-0.2, 0) is 16.2 Å². The Bertz CT molecular complexity index is 1080. The van der Waals surface area contributed by atoms with Gasteiger partial charge in [-0.2, -0.15) is 18.3 Å². The summed E-state index contributed by atoms with van der Waals surface area (Å²) in [5, 5.41) is 11.0. The maximum Gasteiger partial charge on any atom is 0.433 e. The summed E-state index contributed by atoms with van der Waals surface area (Å²) in [5.74, 6) is 0. The highest BCUT2D eigenvalue weighted by molar-refractivity contribution is 7.98. The number of halogens is 3. The SMILES string of the molecule is CSc1ccc(-c2c(-c3ccccc3S(N)(=O)=O)n[nH]c2C(F)(F)F)cc1. The minimum atomic E-state index is -4.70. The predicted octanol–water partition coefficient (Wildman–Crippen LogP) is 4.13. The molecule has 3 aromatic rings. The van der Waals surface area contributed by atoms with Gasteiger partial charge in [0.25, 0.3) is 0 Å². The lowest BCUT2D eigenvalue weighted by Gasteiger charge is -2.11. The fraction of sp³-hybridized carbons (Fsp3) is 0.118. The standard InChI is InChI=1S/C17H14F3N3O2S2/c1-26-11-8-6-10(7-9-11)14-15(22-23-16(14)17(18,19)20)12-4-2-3-5-13(12)27(21,24)25/h2-9H,1H3,(H,22,23)(H2,21,24,25). The van der Waals surface area contributed by atoms with Crippen LogP contribution < -0.4 is 5.14 Å². The molecule has 2 aromatic carbocycles. The van der Waals surface area contributed by atoms with Gasteiger partial charge in [0, 0.05) is 16.0 Å². The van der Waals surface area contributed by atoms with Crippen molar-refractivity contribution in [2.75, 3.05) is 6.26 Å². The molecule has 0 saturated heterocycles. The van der Waals surface area contributed by atoms with Crippen molar-refractivity contribution in [2.45, 2.75) is 16.0 Å². The third-order valence-electron chi connectivity index (χ3n) is 3.88. The van der Waals surface area contributed by atoms with Crippen molar-refractivity contribution in [1.82, 2.24) is 10.2 Å². The zero-order chi connectivity index (χ0) is 19.8. The number of primary sulfonamides is 1. The Kier molecular flexibility index (Phi) is 5.06. The average molecular weight is 413 g/mol. The first-order chi connectivity index (χ1) is 12.6. The molecule has 0 fully saturated rings. The second-order valence-electron chi connectivity index (χ2n) is 5.59. The Balaban J connectivity index is 2.32. The molecule has 0 aliphatic rings. The molecule has 0 spiro atoms. The number of H-pyrrole nitrogens is 1. The first-order valence-corrected chi connectivity index (χ1v) is 10.3. The summed E-state index contributed by atoms with van der Waals surface area (Å²) < 4.78 is 64.3. The number of hydrogen-bond donors (Lipinski definition) is 2. The fourth-order valence-corrected chi connectivity index (χ4v) is 3.84. The van der Waals surface area contributed by atoms with Gasteiger partial charge in [-0.05, 0) is 30.0 Å². The van der Waals surface area contributed by atoms with Gasteiger partial charge in [-0.3, -0.25) is 5.10 Å². The number of alkyl halides is 3. The highest BCUT2D eigenvalue weighted by Gasteiger charge is 2.38. The summed E-state index contributed by atoms with van der Waals surface area (Å²) in [6.45, 7) is 0. The van der Waals surface area contributed by atoms with Crippen LogP contribution in [0.25, 0.3) is 22.4 Å². The van der Waals surface area contributed by atoms with Crippen LogP contribution in [0.1, 0.15) is 5.69 Å². The van der Waals surface area contributed by atoms with Crippen LogP contribution in [0.4, 0.5) is 13.2 Å². The molecule has 3 rings (SSSR count). The largest absolute Gasteiger partial charge is 0.433 e. The lowest BCUT2D eigenvalue weighted by molar-refractivity contribution is -0.140. The number of nitrogens with two attached hydrogens (primary N) is 1. The molecule has 0 unspecified atom stereocenters. The summed E-state index contributed by atoms with van der Waals surface area (Å²) in [4.78, 5) is 0.578. The van der Waals surface area contributed by atoms with Crippen molar-refractivity contribution >= 4 is 21.8 Å². The predicted molar refractivity (Wildman–Crippen MR) is 97.6 cm³/mol. The molecule has 1 heterocycles. The molecule has 5 nitrogen and oxygen atoms in total. The molecule has 0 aliphatic heterocycles. The molecule has 0 aliphatic carbocycles. The summed E-state index contributed by atoms with van der Waals surface area (Å²) in [7, 11) is -4.16. The smallest absolute Gasteiger partial charge is 0.272 e. The van der Waals surface area contributed by atoms with Crippen LogP contribution in [0.3, 0.4) is 0 Å². The molecular formula is C17H14F3N3O2S2. The van der Waals surface area contributed by atoms with Crippen molar-refractivity contribution in [1.29, 1.82) is 0 Å². The van der Waals surface area contributed by atoms with Gasteiger partial charge in [0.2, 0.25) is 10.0 Å². The molecule has 1 aromatic heterocycles. The van der Waals surface area contributed by atoms with E-state index in [0.717, 1.165) is 4.90 Å². The molecule has 0 amide bonds. The average Bonchev–Trinajstić information content (AvgIpc) is 3.06. The molecule has 3 N–H and O–H groups in total. The van der Waals surface area contributed by atoms with E-state index in [9.17, 15) is 21.6 Å². The van der Waals surface area contributed by atoms with Crippen LogP contribution in [-0.4, -0.2) is 24.9 Å². The number of hydrogen-bond acceptors (Lipinski definition) is 4. The van der Waals surface area contributed by atoms with Crippen LogP contribution in [0.5, 0.6) is 0 Å². The first-order valence-electron chi connectivity index (χ1n) is 7.55. The topological polar surface area (TPSA) is 88.8 Å². The summed E-state index contributed by atoms with van der Waals surface area (Å²) in [6, 6.07) is 12.0. The number of benzene rings is 2. The summed E-state index contributed by atoms with van der Waals surface area (Å²) >= 11 is 1.45. The van der Waals surface area contributed by atoms with E-state index in [4.69, 9.17) is 5.14 Å². The van der Waals surface area contributed by atoms with Gasteiger partial charge < -0.3 is 0 Å². The molecule has 142 valence electrons. The Morgan fingerprint density at radius 3 is 2.26 bits per heavy atom. The lowest BCUT2D eigenvalue weighted by Crippen LogP contribution is -2.13. The lowest BCUT2D eigenvalue weighted by atomic mass is 9.98. The van der Waals surface area contributed by atoms with E-state index >= 15 is 0 Å². The van der Waals surface area contributed by atoms with Gasteiger partial charge in [-0.15, -0.1) is 11.8 Å².